The van der Waals surface area contributed by atoms with Crippen LogP contribution in [0.4, 0.5) is 0 Å². The molecule has 1 nitrogen and oxygen atoms in total. The number of hydrogen-bond acceptors (Lipinski definition) is 1. The van der Waals surface area contributed by atoms with Crippen molar-refractivity contribution in [2.24, 2.45) is 11.1 Å². The Balaban J connectivity index is 2.74. The Bertz CT molecular complexity index is 166. The van der Waals surface area contributed by atoms with Gasteiger partial charge in [0.2, 0.25) is 0 Å². The largest absolute Gasteiger partial charge is 0.324 e. The summed E-state index contributed by atoms with van der Waals surface area (Å²) in [7, 11) is 0. The van der Waals surface area contributed by atoms with Gasteiger partial charge in [-0.25, -0.2) is 0 Å². The van der Waals surface area contributed by atoms with Crippen LogP contribution in [-0.2, 0) is 0 Å². The molecule has 0 saturated heterocycles. The lowest BCUT2D eigenvalue weighted by Crippen LogP contribution is -2.14. The van der Waals surface area contributed by atoms with Crippen molar-refractivity contribution >= 4 is 0 Å². The van der Waals surface area contributed by atoms with E-state index in [-0.39, 0.29) is 11.5 Å². The molecule has 1 unspecified atom stereocenters. The van der Waals surface area contributed by atoms with Crippen molar-refractivity contribution in [2.45, 2.75) is 26.3 Å². The normalized spacial score (nSPS) is 30.1. The van der Waals surface area contributed by atoms with Crippen LogP contribution in [0, 0.1) is 5.41 Å². The van der Waals surface area contributed by atoms with E-state index in [1.807, 2.05) is 0 Å². The van der Waals surface area contributed by atoms with Gasteiger partial charge >= 0.3 is 0 Å². The highest BCUT2D eigenvalue weighted by Crippen LogP contribution is 2.21. The zero-order chi connectivity index (χ0) is 7.61. The number of rotatable bonds is 0. The number of hydrogen-bond donors (Lipinski definition) is 1. The minimum Gasteiger partial charge on any atom is -0.324 e. The van der Waals surface area contributed by atoms with E-state index in [4.69, 9.17) is 5.73 Å². The fraction of sp³-hybridized carbons (Fsp3) is 0.556. The first-order chi connectivity index (χ1) is 4.60. The lowest BCUT2D eigenvalue weighted by Gasteiger charge is -2.12. The maximum atomic E-state index is 5.72. The average molecular weight is 137 g/mol. The number of allylic oxidation sites excluding steroid dienone is 2. The summed E-state index contributed by atoms with van der Waals surface area (Å²) < 4.78 is 0. The van der Waals surface area contributed by atoms with Gasteiger partial charge in [-0.15, -0.1) is 0 Å². The summed E-state index contributed by atoms with van der Waals surface area (Å²) >= 11 is 0. The summed E-state index contributed by atoms with van der Waals surface area (Å²) in [4.78, 5) is 0. The highest BCUT2D eigenvalue weighted by atomic mass is 14.6. The van der Waals surface area contributed by atoms with Crippen molar-refractivity contribution in [1.29, 1.82) is 0 Å². The van der Waals surface area contributed by atoms with Gasteiger partial charge in [-0.1, -0.05) is 38.2 Å². The van der Waals surface area contributed by atoms with Gasteiger partial charge in [-0.05, 0) is 6.42 Å². The minimum absolute atomic E-state index is 0.202. The summed E-state index contributed by atoms with van der Waals surface area (Å²) in [5.41, 5.74) is 5.92. The van der Waals surface area contributed by atoms with Crippen molar-refractivity contribution in [1.82, 2.24) is 0 Å². The SMILES string of the molecule is CC1(C)C=CCC(N)C=C1. The molecule has 1 rings (SSSR count). The fourth-order valence-electron chi connectivity index (χ4n) is 1.03. The van der Waals surface area contributed by atoms with Gasteiger partial charge < -0.3 is 5.73 Å². The Morgan fingerprint density at radius 2 is 2.10 bits per heavy atom. The quantitative estimate of drug-likeness (QED) is 0.507. The van der Waals surface area contributed by atoms with E-state index >= 15 is 0 Å². The van der Waals surface area contributed by atoms with E-state index in [1.165, 1.54) is 0 Å². The van der Waals surface area contributed by atoms with Gasteiger partial charge in [0.1, 0.15) is 0 Å². The third-order valence-corrected chi connectivity index (χ3v) is 1.73. The van der Waals surface area contributed by atoms with Gasteiger partial charge in [0.15, 0.2) is 0 Å². The van der Waals surface area contributed by atoms with Crippen LogP contribution in [0.2, 0.25) is 0 Å². The molecule has 0 bridgehead atoms. The molecule has 56 valence electrons. The van der Waals surface area contributed by atoms with Crippen LogP contribution in [0.25, 0.3) is 0 Å². The van der Waals surface area contributed by atoms with Crippen LogP contribution < -0.4 is 5.73 Å². The second-order valence-electron chi connectivity index (χ2n) is 3.48. The van der Waals surface area contributed by atoms with E-state index in [0.29, 0.717) is 0 Å². The third kappa shape index (κ3) is 1.99. The highest BCUT2D eigenvalue weighted by Gasteiger charge is 2.11. The van der Waals surface area contributed by atoms with Crippen LogP contribution >= 0.6 is 0 Å². The van der Waals surface area contributed by atoms with E-state index < -0.39 is 0 Å². The van der Waals surface area contributed by atoms with E-state index in [9.17, 15) is 0 Å². The Morgan fingerprint density at radius 3 is 2.80 bits per heavy atom. The first kappa shape index (κ1) is 7.55. The lowest BCUT2D eigenvalue weighted by molar-refractivity contribution is 0.626. The molecule has 1 aliphatic rings. The summed E-state index contributed by atoms with van der Waals surface area (Å²) in [6.07, 6.45) is 9.59. The van der Waals surface area contributed by atoms with Crippen molar-refractivity contribution in [3.05, 3.63) is 24.3 Å². The molecule has 0 aromatic carbocycles. The highest BCUT2D eigenvalue weighted by molar-refractivity contribution is 5.14. The molecule has 0 amide bonds. The van der Waals surface area contributed by atoms with Crippen LogP contribution in [0.15, 0.2) is 24.3 Å². The molecule has 1 aliphatic carbocycles. The molecule has 0 heterocycles. The maximum absolute atomic E-state index is 5.72. The Hall–Kier alpha value is -0.560. The molecule has 2 N–H and O–H groups in total. The monoisotopic (exact) mass is 137 g/mol. The lowest BCUT2D eigenvalue weighted by atomic mass is 9.93. The molecule has 0 fully saturated rings. The van der Waals surface area contributed by atoms with E-state index in [0.717, 1.165) is 6.42 Å². The van der Waals surface area contributed by atoms with Gasteiger partial charge in [0.05, 0.1) is 0 Å². The summed E-state index contributed by atoms with van der Waals surface area (Å²) in [6.45, 7) is 4.36. The molecule has 1 atom stereocenters. The van der Waals surface area contributed by atoms with Gasteiger partial charge in [0, 0.05) is 11.5 Å². The molecule has 0 aromatic heterocycles. The van der Waals surface area contributed by atoms with Crippen molar-refractivity contribution < 1.29 is 0 Å². The Labute approximate surface area is 62.6 Å². The van der Waals surface area contributed by atoms with Crippen molar-refractivity contribution in [3.63, 3.8) is 0 Å². The van der Waals surface area contributed by atoms with Crippen molar-refractivity contribution in [3.8, 4) is 0 Å². The predicted molar refractivity (Wildman–Crippen MR) is 44.7 cm³/mol. The Kier molecular flexibility index (Phi) is 1.95. The van der Waals surface area contributed by atoms with Gasteiger partial charge in [-0.2, -0.15) is 0 Å². The zero-order valence-electron chi connectivity index (χ0n) is 6.67. The molecule has 0 aliphatic heterocycles. The molecule has 0 saturated carbocycles. The van der Waals surface area contributed by atoms with Gasteiger partial charge in [0.25, 0.3) is 0 Å². The van der Waals surface area contributed by atoms with E-state index in [2.05, 4.69) is 38.2 Å². The molecular weight excluding hydrogens is 122 g/mol. The smallest absolute Gasteiger partial charge is 0.0259 e. The summed E-state index contributed by atoms with van der Waals surface area (Å²) in [6, 6.07) is 0.220. The second kappa shape index (κ2) is 2.59. The molecular formula is C9H15N. The standard InChI is InChI=1S/C9H15N/c1-9(2)6-3-4-8(10)5-7-9/h3,5-8H,4,10H2,1-2H3. The van der Waals surface area contributed by atoms with Crippen LogP contribution in [0.3, 0.4) is 0 Å². The zero-order valence-corrected chi connectivity index (χ0v) is 6.67. The van der Waals surface area contributed by atoms with Crippen LogP contribution in [-0.4, -0.2) is 6.04 Å². The molecule has 0 spiro atoms. The van der Waals surface area contributed by atoms with Gasteiger partial charge in [-0.3, -0.25) is 0 Å². The molecule has 0 aromatic rings. The third-order valence-electron chi connectivity index (χ3n) is 1.73. The van der Waals surface area contributed by atoms with Crippen LogP contribution in [0.5, 0.6) is 0 Å². The van der Waals surface area contributed by atoms with E-state index in [1.54, 1.807) is 0 Å². The molecule has 0 radical (unpaired) electrons. The summed E-state index contributed by atoms with van der Waals surface area (Å²) in [5, 5.41) is 0. The molecule has 1 heteroatoms. The van der Waals surface area contributed by atoms with Crippen LogP contribution in [0.1, 0.15) is 20.3 Å². The first-order valence-electron chi connectivity index (χ1n) is 3.73. The summed E-state index contributed by atoms with van der Waals surface area (Å²) in [5.74, 6) is 0. The van der Waals surface area contributed by atoms with Crippen molar-refractivity contribution in [2.75, 3.05) is 0 Å². The first-order valence-corrected chi connectivity index (χ1v) is 3.73. The predicted octanol–water partition coefficient (Wildman–Crippen LogP) is 1.86. The Morgan fingerprint density at radius 1 is 1.40 bits per heavy atom. The molecule has 10 heavy (non-hydrogen) atoms. The topological polar surface area (TPSA) is 26.0 Å². The second-order valence-corrected chi connectivity index (χ2v) is 3.48. The average Bonchev–Trinajstić information content (AvgIpc) is 1.94. The maximum Gasteiger partial charge on any atom is 0.0259 e. The minimum atomic E-state index is 0.202. The fourth-order valence-corrected chi connectivity index (χ4v) is 1.03. The number of nitrogens with two attached hydrogens (primary N) is 1.